The molecule has 0 aromatic carbocycles. The Labute approximate surface area is 109 Å². The van der Waals surface area contributed by atoms with Crippen molar-refractivity contribution in [2.24, 2.45) is 5.73 Å². The highest BCUT2D eigenvalue weighted by Gasteiger charge is 2.11. The molecule has 0 atom stereocenters. The maximum Gasteiger partial charge on any atom is 0.179 e. The molecule has 0 aliphatic heterocycles. The fourth-order valence-corrected chi connectivity index (χ4v) is 3.64. The van der Waals surface area contributed by atoms with E-state index in [1.165, 1.54) is 0 Å². The Hall–Kier alpha value is -0.980. The summed E-state index contributed by atoms with van der Waals surface area (Å²) >= 11 is 3.21. The van der Waals surface area contributed by atoms with Crippen molar-refractivity contribution in [1.29, 1.82) is 0 Å². The van der Waals surface area contributed by atoms with E-state index in [0.29, 0.717) is 6.54 Å². The van der Waals surface area contributed by atoms with Gasteiger partial charge in [0.1, 0.15) is 5.01 Å². The second-order valence-electron chi connectivity index (χ2n) is 3.72. The second kappa shape index (κ2) is 5.12. The van der Waals surface area contributed by atoms with E-state index in [9.17, 15) is 0 Å². The molecule has 0 saturated heterocycles. The lowest BCUT2D eigenvalue weighted by Crippen LogP contribution is -2.04. The largest absolute Gasteiger partial charge is 0.326 e. The van der Waals surface area contributed by atoms with E-state index in [1.807, 2.05) is 20.8 Å². The monoisotopic (exact) mass is 266 g/mol. The first-order chi connectivity index (χ1) is 8.10. The van der Waals surface area contributed by atoms with E-state index >= 15 is 0 Å². The van der Waals surface area contributed by atoms with Crippen LogP contribution < -0.4 is 5.73 Å². The van der Waals surface area contributed by atoms with Crippen LogP contribution >= 0.6 is 23.1 Å². The van der Waals surface area contributed by atoms with Crippen LogP contribution in [0.2, 0.25) is 0 Å². The summed E-state index contributed by atoms with van der Waals surface area (Å²) in [4.78, 5) is 5.56. The molecule has 17 heavy (non-hydrogen) atoms. The van der Waals surface area contributed by atoms with Gasteiger partial charge in [0.05, 0.1) is 0 Å². The van der Waals surface area contributed by atoms with Crippen molar-refractivity contribution in [3.05, 3.63) is 28.0 Å². The smallest absolute Gasteiger partial charge is 0.179 e. The second-order valence-corrected chi connectivity index (χ2v) is 6.19. The lowest BCUT2D eigenvalue weighted by atomic mass is 10.2. The number of nitrogens with two attached hydrogens (primary N) is 1. The number of nitrogens with zero attached hydrogens (tertiary/aromatic N) is 3. The molecule has 90 valence electrons. The maximum atomic E-state index is 5.77. The molecule has 0 saturated carbocycles. The molecule has 0 spiro atoms. The van der Waals surface area contributed by atoms with Gasteiger partial charge in [-0.1, -0.05) is 23.1 Å². The molecule has 2 N–H and O–H groups in total. The van der Waals surface area contributed by atoms with E-state index in [-0.39, 0.29) is 0 Å². The highest BCUT2D eigenvalue weighted by atomic mass is 32.2. The van der Waals surface area contributed by atoms with Crippen molar-refractivity contribution in [2.75, 3.05) is 0 Å². The minimum atomic E-state index is 0.499. The van der Waals surface area contributed by atoms with Gasteiger partial charge in [0.25, 0.3) is 0 Å². The van der Waals surface area contributed by atoms with Crippen LogP contribution in [0.5, 0.6) is 0 Å². The Morgan fingerprint density at radius 1 is 1.29 bits per heavy atom. The van der Waals surface area contributed by atoms with Gasteiger partial charge in [-0.25, -0.2) is 0 Å². The average molecular weight is 266 g/mol. The minimum Gasteiger partial charge on any atom is -0.326 e. The lowest BCUT2D eigenvalue weighted by molar-refractivity contribution is 0.940. The van der Waals surface area contributed by atoms with Gasteiger partial charge in [-0.3, -0.25) is 4.98 Å². The van der Waals surface area contributed by atoms with Crippen LogP contribution in [0, 0.1) is 20.8 Å². The quantitative estimate of drug-likeness (QED) is 0.924. The highest BCUT2D eigenvalue weighted by molar-refractivity contribution is 8.01. The summed E-state index contributed by atoms with van der Waals surface area (Å²) in [6.45, 7) is 6.43. The van der Waals surface area contributed by atoms with Crippen LogP contribution in [0.15, 0.2) is 15.3 Å². The van der Waals surface area contributed by atoms with Crippen molar-refractivity contribution in [2.45, 2.75) is 36.6 Å². The van der Waals surface area contributed by atoms with Gasteiger partial charge in [0, 0.05) is 28.4 Å². The van der Waals surface area contributed by atoms with E-state index < -0.39 is 0 Å². The van der Waals surface area contributed by atoms with Crippen molar-refractivity contribution in [1.82, 2.24) is 15.2 Å². The van der Waals surface area contributed by atoms with Crippen LogP contribution in [0.25, 0.3) is 0 Å². The fraction of sp³-hybridized carbons (Fsp3) is 0.364. The zero-order valence-corrected chi connectivity index (χ0v) is 11.7. The van der Waals surface area contributed by atoms with E-state index in [4.69, 9.17) is 5.73 Å². The Kier molecular flexibility index (Phi) is 3.76. The molecule has 0 aliphatic rings. The van der Waals surface area contributed by atoms with Crippen LogP contribution in [0.3, 0.4) is 0 Å². The van der Waals surface area contributed by atoms with Crippen LogP contribution in [0.4, 0.5) is 0 Å². The standard InChI is InChI=1S/C11H14N4S2/c1-6-4-10(9(5-12)7(2)13-6)17-11-15-14-8(3)16-11/h4H,5,12H2,1-3H3. The topological polar surface area (TPSA) is 64.7 Å². The summed E-state index contributed by atoms with van der Waals surface area (Å²) in [7, 11) is 0. The molecule has 0 amide bonds. The van der Waals surface area contributed by atoms with Crippen molar-refractivity contribution in [3.8, 4) is 0 Å². The van der Waals surface area contributed by atoms with Gasteiger partial charge >= 0.3 is 0 Å². The highest BCUT2D eigenvalue weighted by Crippen LogP contribution is 2.33. The Bertz CT molecular complexity index is 536. The summed E-state index contributed by atoms with van der Waals surface area (Å²) in [6, 6.07) is 2.05. The number of aryl methyl sites for hydroxylation is 3. The minimum absolute atomic E-state index is 0.499. The molecule has 0 unspecified atom stereocenters. The molecule has 0 fully saturated rings. The van der Waals surface area contributed by atoms with Crippen molar-refractivity contribution < 1.29 is 0 Å². The Morgan fingerprint density at radius 3 is 2.65 bits per heavy atom. The van der Waals surface area contributed by atoms with Crippen LogP contribution in [-0.2, 0) is 6.54 Å². The molecule has 2 aromatic heterocycles. The van der Waals surface area contributed by atoms with Gasteiger partial charge in [-0.05, 0) is 26.8 Å². The van der Waals surface area contributed by atoms with Gasteiger partial charge in [-0.15, -0.1) is 10.2 Å². The summed E-state index contributed by atoms with van der Waals surface area (Å²) in [6.07, 6.45) is 0. The predicted octanol–water partition coefficient (Wildman–Crippen LogP) is 2.47. The lowest BCUT2D eigenvalue weighted by Gasteiger charge is -2.09. The van der Waals surface area contributed by atoms with E-state index in [2.05, 4.69) is 21.2 Å². The van der Waals surface area contributed by atoms with E-state index in [1.54, 1.807) is 23.1 Å². The Morgan fingerprint density at radius 2 is 2.06 bits per heavy atom. The molecular weight excluding hydrogens is 252 g/mol. The molecule has 0 bridgehead atoms. The van der Waals surface area contributed by atoms with Crippen LogP contribution in [0.1, 0.15) is 22.0 Å². The number of aromatic nitrogens is 3. The predicted molar refractivity (Wildman–Crippen MR) is 70.4 cm³/mol. The summed E-state index contributed by atoms with van der Waals surface area (Å²) in [5, 5.41) is 9.11. The maximum absolute atomic E-state index is 5.77. The fourth-order valence-electron chi connectivity index (χ4n) is 1.57. The third-order valence-electron chi connectivity index (χ3n) is 2.33. The first-order valence-corrected chi connectivity index (χ1v) is 6.88. The third-order valence-corrected chi connectivity index (χ3v) is 4.30. The molecule has 0 radical (unpaired) electrons. The number of rotatable bonds is 3. The van der Waals surface area contributed by atoms with Crippen molar-refractivity contribution in [3.63, 3.8) is 0 Å². The average Bonchev–Trinajstić information content (AvgIpc) is 2.63. The molecule has 2 heterocycles. The normalized spacial score (nSPS) is 10.8. The number of pyridine rings is 1. The van der Waals surface area contributed by atoms with Gasteiger partial charge in [-0.2, -0.15) is 0 Å². The van der Waals surface area contributed by atoms with E-state index in [0.717, 1.165) is 31.2 Å². The first kappa shape index (κ1) is 12.5. The number of hydrogen-bond acceptors (Lipinski definition) is 6. The molecule has 2 rings (SSSR count). The zero-order valence-electron chi connectivity index (χ0n) is 10.0. The SMILES string of the molecule is Cc1cc(Sc2nnc(C)s2)c(CN)c(C)n1. The molecule has 2 aromatic rings. The van der Waals surface area contributed by atoms with Crippen LogP contribution in [-0.4, -0.2) is 15.2 Å². The van der Waals surface area contributed by atoms with Crippen molar-refractivity contribution >= 4 is 23.1 Å². The molecule has 6 heteroatoms. The summed E-state index contributed by atoms with van der Waals surface area (Å²) in [5.41, 5.74) is 8.87. The Balaban J connectivity index is 2.37. The zero-order chi connectivity index (χ0) is 12.4. The number of hydrogen-bond donors (Lipinski definition) is 1. The molecule has 0 aliphatic carbocycles. The molecule has 4 nitrogen and oxygen atoms in total. The van der Waals surface area contributed by atoms with Gasteiger partial charge in [0.2, 0.25) is 0 Å². The third kappa shape index (κ3) is 2.83. The van der Waals surface area contributed by atoms with Gasteiger partial charge in [0.15, 0.2) is 4.34 Å². The first-order valence-electron chi connectivity index (χ1n) is 5.25. The van der Waals surface area contributed by atoms with Gasteiger partial charge < -0.3 is 5.73 Å². The summed E-state index contributed by atoms with van der Waals surface area (Å²) < 4.78 is 0.946. The molecular formula is C11H14N4S2. The summed E-state index contributed by atoms with van der Waals surface area (Å²) in [5.74, 6) is 0.